The second-order valence-electron chi connectivity index (χ2n) is 5.44. The highest BCUT2D eigenvalue weighted by atomic mass is 32.2. The average Bonchev–Trinajstić information content (AvgIpc) is 2.92. The molecule has 0 fully saturated rings. The van der Waals surface area contributed by atoms with Gasteiger partial charge in [-0.2, -0.15) is 5.26 Å². The minimum atomic E-state index is -0.398. The molecule has 2 rings (SSSR count). The maximum absolute atomic E-state index is 12.2. The lowest BCUT2D eigenvalue weighted by molar-refractivity contribution is -0.114. The number of aryl methyl sites for hydroxylation is 1. The second kappa shape index (κ2) is 7.76. The van der Waals surface area contributed by atoms with Gasteiger partial charge in [-0.3, -0.25) is 4.79 Å². The molecule has 0 N–H and O–H groups in total. The number of rotatable bonds is 4. The van der Waals surface area contributed by atoms with Crippen molar-refractivity contribution in [3.63, 3.8) is 0 Å². The number of allylic oxidation sites excluding steroid dienone is 3. The summed E-state index contributed by atoms with van der Waals surface area (Å²) < 4.78 is 0. The Morgan fingerprint density at radius 1 is 1.52 bits per heavy atom. The standard InChI is InChI=1S/C18H20N2OS2/c1-5-6-8-23-18-14(10-19)16(17-11(2)7-9-22-17)15(13(4)21)12(3)20-18/h5-7,9,14,16H,8H2,1-4H3/b6-5+/t14?,16-/m0/s1. The van der Waals surface area contributed by atoms with E-state index in [-0.39, 0.29) is 11.7 Å². The number of nitrogens with zero attached hydrogens (tertiary/aromatic N) is 2. The fourth-order valence-electron chi connectivity index (χ4n) is 2.77. The Morgan fingerprint density at radius 3 is 2.78 bits per heavy atom. The molecule has 2 heterocycles. The first-order valence-electron chi connectivity index (χ1n) is 7.49. The number of carbonyl (C=O) groups excluding carboxylic acids is 1. The van der Waals surface area contributed by atoms with Gasteiger partial charge in [0.1, 0.15) is 5.92 Å². The second-order valence-corrected chi connectivity index (χ2v) is 7.43. The van der Waals surface area contributed by atoms with Gasteiger partial charge in [0.2, 0.25) is 0 Å². The summed E-state index contributed by atoms with van der Waals surface area (Å²) in [6.07, 6.45) is 4.04. The molecular formula is C18H20N2OS2. The van der Waals surface area contributed by atoms with E-state index < -0.39 is 5.92 Å². The van der Waals surface area contributed by atoms with Crippen molar-refractivity contribution in [2.24, 2.45) is 10.9 Å². The SMILES string of the molecule is C/C=C/CSC1=NC(C)=C(C(C)=O)[C@@H](c2sccc2C)C1C#N. The van der Waals surface area contributed by atoms with Crippen molar-refractivity contribution in [3.8, 4) is 6.07 Å². The van der Waals surface area contributed by atoms with Crippen molar-refractivity contribution < 1.29 is 4.79 Å². The molecule has 2 atom stereocenters. The Kier molecular flexibility index (Phi) is 5.97. The molecule has 1 aliphatic heterocycles. The Balaban J connectivity index is 2.53. The van der Waals surface area contributed by atoms with Crippen LogP contribution >= 0.6 is 23.1 Å². The monoisotopic (exact) mass is 344 g/mol. The number of thioether (sulfide) groups is 1. The summed E-state index contributed by atoms with van der Waals surface area (Å²) in [4.78, 5) is 17.9. The van der Waals surface area contributed by atoms with Gasteiger partial charge in [0.25, 0.3) is 0 Å². The molecule has 0 aromatic carbocycles. The highest BCUT2D eigenvalue weighted by Crippen LogP contribution is 2.44. The minimum Gasteiger partial charge on any atom is -0.295 e. The van der Waals surface area contributed by atoms with Gasteiger partial charge in [0.05, 0.1) is 11.1 Å². The van der Waals surface area contributed by atoms with Crippen LogP contribution in [0.1, 0.15) is 37.1 Å². The quantitative estimate of drug-likeness (QED) is 0.733. The fraction of sp³-hybridized carbons (Fsp3) is 0.389. The Morgan fingerprint density at radius 2 is 2.26 bits per heavy atom. The molecule has 1 aliphatic rings. The third-order valence-electron chi connectivity index (χ3n) is 3.84. The maximum Gasteiger partial charge on any atom is 0.158 e. The van der Waals surface area contributed by atoms with Gasteiger partial charge in [0, 0.05) is 27.8 Å². The summed E-state index contributed by atoms with van der Waals surface area (Å²) in [6.45, 7) is 7.45. The number of nitriles is 1. The van der Waals surface area contributed by atoms with E-state index in [1.54, 1.807) is 30.0 Å². The number of carbonyl (C=O) groups is 1. The van der Waals surface area contributed by atoms with Gasteiger partial charge in [-0.1, -0.05) is 12.2 Å². The van der Waals surface area contributed by atoms with Gasteiger partial charge < -0.3 is 0 Å². The van der Waals surface area contributed by atoms with Crippen molar-refractivity contribution in [1.82, 2.24) is 0 Å². The first-order valence-corrected chi connectivity index (χ1v) is 9.35. The summed E-state index contributed by atoms with van der Waals surface area (Å²) in [5.41, 5.74) is 2.55. The van der Waals surface area contributed by atoms with Crippen molar-refractivity contribution in [3.05, 3.63) is 45.3 Å². The van der Waals surface area contributed by atoms with E-state index in [2.05, 4.69) is 11.1 Å². The molecule has 0 bridgehead atoms. The molecule has 120 valence electrons. The molecule has 3 nitrogen and oxygen atoms in total. The van der Waals surface area contributed by atoms with E-state index in [1.165, 1.54) is 0 Å². The number of hydrogen-bond acceptors (Lipinski definition) is 5. The molecule has 1 aromatic rings. The topological polar surface area (TPSA) is 53.2 Å². The number of Topliss-reactive ketones (excluding diaryl/α,β-unsaturated/α-hetero) is 1. The van der Waals surface area contributed by atoms with Crippen molar-refractivity contribution in [2.75, 3.05) is 5.75 Å². The molecule has 0 spiro atoms. The van der Waals surface area contributed by atoms with Crippen molar-refractivity contribution in [2.45, 2.75) is 33.6 Å². The van der Waals surface area contributed by atoms with Gasteiger partial charge in [0.15, 0.2) is 5.78 Å². The Hall–Kier alpha value is -1.64. The summed E-state index contributed by atoms with van der Waals surface area (Å²) in [6, 6.07) is 4.44. The van der Waals surface area contributed by atoms with Crippen LogP contribution in [0.15, 0.2) is 39.9 Å². The van der Waals surface area contributed by atoms with Crippen LogP contribution in [0.3, 0.4) is 0 Å². The third-order valence-corrected chi connectivity index (χ3v) is 5.95. The fourth-order valence-corrected chi connectivity index (χ4v) is 4.87. The molecule has 0 aliphatic carbocycles. The lowest BCUT2D eigenvalue weighted by Gasteiger charge is -2.29. The van der Waals surface area contributed by atoms with Gasteiger partial charge in [-0.15, -0.1) is 23.1 Å². The van der Waals surface area contributed by atoms with E-state index in [9.17, 15) is 10.1 Å². The number of thiophene rings is 1. The normalized spacial score (nSPS) is 21.4. The van der Waals surface area contributed by atoms with Crippen LogP contribution in [0.2, 0.25) is 0 Å². The molecule has 0 saturated carbocycles. The lowest BCUT2D eigenvalue weighted by atomic mass is 9.80. The van der Waals surface area contributed by atoms with Crippen molar-refractivity contribution >= 4 is 33.9 Å². The minimum absolute atomic E-state index is 0.00167. The van der Waals surface area contributed by atoms with Crippen LogP contribution in [0.5, 0.6) is 0 Å². The van der Waals surface area contributed by atoms with Crippen LogP contribution < -0.4 is 0 Å². The zero-order valence-electron chi connectivity index (χ0n) is 13.8. The van der Waals surface area contributed by atoms with Gasteiger partial charge in [-0.25, -0.2) is 4.99 Å². The molecule has 1 unspecified atom stereocenters. The first-order chi connectivity index (χ1) is 11.0. The van der Waals surface area contributed by atoms with Crippen LogP contribution in [0, 0.1) is 24.2 Å². The largest absolute Gasteiger partial charge is 0.295 e. The number of aliphatic imine (C=N–C) groups is 1. The summed E-state index contributed by atoms with van der Waals surface area (Å²) >= 11 is 3.19. The summed E-state index contributed by atoms with van der Waals surface area (Å²) in [5.74, 6) is 0.182. The van der Waals surface area contributed by atoms with Crippen LogP contribution in [-0.4, -0.2) is 16.6 Å². The molecule has 0 radical (unpaired) electrons. The van der Waals surface area contributed by atoms with Gasteiger partial charge in [-0.05, 0) is 44.7 Å². The molecule has 0 saturated heterocycles. The third kappa shape index (κ3) is 3.65. The number of ketones is 1. The Bertz CT molecular complexity index is 734. The summed E-state index contributed by atoms with van der Waals surface area (Å²) in [7, 11) is 0. The van der Waals surface area contributed by atoms with E-state index >= 15 is 0 Å². The van der Waals surface area contributed by atoms with Crippen LogP contribution in [0.25, 0.3) is 0 Å². The van der Waals surface area contributed by atoms with Gasteiger partial charge >= 0.3 is 0 Å². The maximum atomic E-state index is 12.2. The molecule has 23 heavy (non-hydrogen) atoms. The van der Waals surface area contributed by atoms with E-state index in [1.807, 2.05) is 44.4 Å². The first kappa shape index (κ1) is 17.7. The van der Waals surface area contributed by atoms with Crippen LogP contribution in [-0.2, 0) is 4.79 Å². The number of hydrogen-bond donors (Lipinski definition) is 0. The van der Waals surface area contributed by atoms with E-state index in [0.717, 1.165) is 26.9 Å². The van der Waals surface area contributed by atoms with E-state index in [4.69, 9.17) is 0 Å². The highest BCUT2D eigenvalue weighted by molar-refractivity contribution is 8.14. The van der Waals surface area contributed by atoms with Crippen molar-refractivity contribution in [1.29, 1.82) is 5.26 Å². The smallest absolute Gasteiger partial charge is 0.158 e. The predicted octanol–water partition coefficient (Wildman–Crippen LogP) is 4.86. The van der Waals surface area contributed by atoms with E-state index in [0.29, 0.717) is 5.57 Å². The molecular weight excluding hydrogens is 324 g/mol. The lowest BCUT2D eigenvalue weighted by Crippen LogP contribution is -2.27. The van der Waals surface area contributed by atoms with Crippen LogP contribution in [0.4, 0.5) is 0 Å². The molecule has 1 aromatic heterocycles. The Labute approximate surface area is 145 Å². The average molecular weight is 345 g/mol. The molecule has 5 heteroatoms. The summed E-state index contributed by atoms with van der Waals surface area (Å²) in [5, 5.41) is 12.6. The highest BCUT2D eigenvalue weighted by Gasteiger charge is 2.38. The molecule has 0 amide bonds. The zero-order valence-corrected chi connectivity index (χ0v) is 15.4. The predicted molar refractivity (Wildman–Crippen MR) is 99.0 cm³/mol. The zero-order chi connectivity index (χ0) is 17.0.